The number of β-amino-alcohol motifs (C(OH)–C–C–N with tert-alkyl or cyclic N) is 1. The topological polar surface area (TPSA) is 36.4 Å². The largest absolute Gasteiger partial charge is 0.388 e. The molecule has 2 rings (SSSR count). The lowest BCUT2D eigenvalue weighted by Gasteiger charge is -2.37. The number of hydrogen-bond acceptors (Lipinski definition) is 3. The minimum absolute atomic E-state index is 0.566. The molecule has 0 spiro atoms. The van der Waals surface area contributed by atoms with Crippen LogP contribution in [0.15, 0.2) is 18.2 Å². The van der Waals surface area contributed by atoms with Gasteiger partial charge in [-0.1, -0.05) is 6.07 Å². The van der Waals surface area contributed by atoms with E-state index in [9.17, 15) is 5.11 Å². The fourth-order valence-electron chi connectivity index (χ4n) is 2.12. The average molecular weight is 206 g/mol. The maximum Gasteiger partial charge on any atom is 0.128 e. The summed E-state index contributed by atoms with van der Waals surface area (Å²) in [4.78, 5) is 6.64. The zero-order valence-electron chi connectivity index (χ0n) is 9.40. The predicted octanol–water partition coefficient (Wildman–Crippen LogP) is 1.74. The van der Waals surface area contributed by atoms with Crippen LogP contribution in [0.1, 0.15) is 25.5 Å². The lowest BCUT2D eigenvalue weighted by Crippen LogP contribution is -2.46. The molecule has 3 heteroatoms. The Morgan fingerprint density at radius 1 is 1.47 bits per heavy atom. The quantitative estimate of drug-likeness (QED) is 0.760. The van der Waals surface area contributed by atoms with Crippen molar-refractivity contribution in [3.05, 3.63) is 23.9 Å². The number of nitrogens with zero attached hydrogens (tertiary/aromatic N) is 2. The third-order valence-electron chi connectivity index (χ3n) is 2.87. The summed E-state index contributed by atoms with van der Waals surface area (Å²) in [6, 6.07) is 6.01. The van der Waals surface area contributed by atoms with E-state index in [2.05, 4.69) is 9.88 Å². The summed E-state index contributed by atoms with van der Waals surface area (Å²) in [6.45, 7) is 5.57. The van der Waals surface area contributed by atoms with Crippen LogP contribution in [-0.4, -0.2) is 28.8 Å². The Labute approximate surface area is 90.8 Å². The van der Waals surface area contributed by atoms with Crippen molar-refractivity contribution >= 4 is 5.82 Å². The molecule has 0 radical (unpaired) electrons. The van der Waals surface area contributed by atoms with Crippen LogP contribution in [0.2, 0.25) is 0 Å². The summed E-state index contributed by atoms with van der Waals surface area (Å²) in [5, 5.41) is 10.0. The van der Waals surface area contributed by atoms with Gasteiger partial charge in [0, 0.05) is 18.8 Å². The number of anilines is 1. The van der Waals surface area contributed by atoms with Gasteiger partial charge in [0.2, 0.25) is 0 Å². The monoisotopic (exact) mass is 206 g/mol. The van der Waals surface area contributed by atoms with Crippen LogP contribution in [-0.2, 0) is 0 Å². The van der Waals surface area contributed by atoms with Crippen LogP contribution < -0.4 is 4.90 Å². The second kappa shape index (κ2) is 3.81. The maximum atomic E-state index is 10.0. The third-order valence-corrected chi connectivity index (χ3v) is 2.87. The van der Waals surface area contributed by atoms with Gasteiger partial charge in [-0.15, -0.1) is 0 Å². The van der Waals surface area contributed by atoms with Gasteiger partial charge in [0.1, 0.15) is 5.82 Å². The smallest absolute Gasteiger partial charge is 0.128 e. The lowest BCUT2D eigenvalue weighted by molar-refractivity contribution is 0.0447. The van der Waals surface area contributed by atoms with E-state index in [1.165, 1.54) is 0 Å². The molecule has 1 atom stereocenters. The summed E-state index contributed by atoms with van der Waals surface area (Å²) in [7, 11) is 0. The SMILES string of the molecule is Cc1cccc(N2CCC[C@](C)(O)C2)n1. The van der Waals surface area contributed by atoms with Crippen molar-refractivity contribution in [2.75, 3.05) is 18.0 Å². The Kier molecular flexibility index (Phi) is 2.65. The van der Waals surface area contributed by atoms with E-state index in [-0.39, 0.29) is 0 Å². The first-order chi connectivity index (χ1) is 7.07. The van der Waals surface area contributed by atoms with E-state index in [0.717, 1.165) is 30.9 Å². The molecule has 0 aliphatic carbocycles. The average Bonchev–Trinajstić information content (AvgIpc) is 2.16. The van der Waals surface area contributed by atoms with Gasteiger partial charge in [0.05, 0.1) is 5.60 Å². The molecular formula is C12H18N2O. The third kappa shape index (κ3) is 2.48. The highest BCUT2D eigenvalue weighted by molar-refractivity contribution is 5.40. The highest BCUT2D eigenvalue weighted by Gasteiger charge is 2.28. The summed E-state index contributed by atoms with van der Waals surface area (Å²) < 4.78 is 0. The van der Waals surface area contributed by atoms with E-state index in [0.29, 0.717) is 6.54 Å². The highest BCUT2D eigenvalue weighted by atomic mass is 16.3. The first-order valence-electron chi connectivity index (χ1n) is 5.48. The Bertz CT molecular complexity index is 349. The molecule has 0 aromatic carbocycles. The molecule has 2 heterocycles. The first-order valence-corrected chi connectivity index (χ1v) is 5.48. The van der Waals surface area contributed by atoms with E-state index in [4.69, 9.17) is 0 Å². The van der Waals surface area contributed by atoms with Crippen LogP contribution in [0.3, 0.4) is 0 Å². The molecule has 1 aromatic rings. The van der Waals surface area contributed by atoms with Gasteiger partial charge in [0.25, 0.3) is 0 Å². The fourth-order valence-corrected chi connectivity index (χ4v) is 2.12. The number of piperidine rings is 1. The van der Waals surface area contributed by atoms with Crippen molar-refractivity contribution in [2.45, 2.75) is 32.3 Å². The number of aryl methyl sites for hydroxylation is 1. The zero-order chi connectivity index (χ0) is 10.9. The van der Waals surface area contributed by atoms with Crippen molar-refractivity contribution in [3.8, 4) is 0 Å². The van der Waals surface area contributed by atoms with E-state index >= 15 is 0 Å². The first kappa shape index (κ1) is 10.4. The Morgan fingerprint density at radius 2 is 2.27 bits per heavy atom. The van der Waals surface area contributed by atoms with Gasteiger partial charge in [-0.25, -0.2) is 4.98 Å². The van der Waals surface area contributed by atoms with Crippen LogP contribution in [0.5, 0.6) is 0 Å². The molecule has 1 aliphatic heterocycles. The number of hydrogen-bond donors (Lipinski definition) is 1. The number of aromatic nitrogens is 1. The van der Waals surface area contributed by atoms with Gasteiger partial charge in [-0.2, -0.15) is 0 Å². The predicted molar refractivity (Wildman–Crippen MR) is 61.0 cm³/mol. The van der Waals surface area contributed by atoms with E-state index < -0.39 is 5.60 Å². The van der Waals surface area contributed by atoms with Gasteiger partial charge >= 0.3 is 0 Å². The summed E-state index contributed by atoms with van der Waals surface area (Å²) in [5.41, 5.74) is 0.460. The molecule has 0 unspecified atom stereocenters. The van der Waals surface area contributed by atoms with Gasteiger partial charge in [0.15, 0.2) is 0 Å². The van der Waals surface area contributed by atoms with Crippen LogP contribution in [0.4, 0.5) is 5.82 Å². The second-order valence-corrected chi connectivity index (χ2v) is 4.66. The molecule has 82 valence electrons. The van der Waals surface area contributed by atoms with Crippen molar-refractivity contribution in [1.29, 1.82) is 0 Å². The second-order valence-electron chi connectivity index (χ2n) is 4.66. The maximum absolute atomic E-state index is 10.0. The zero-order valence-corrected chi connectivity index (χ0v) is 9.40. The fraction of sp³-hybridized carbons (Fsp3) is 0.583. The van der Waals surface area contributed by atoms with Gasteiger partial charge in [-0.3, -0.25) is 0 Å². The van der Waals surface area contributed by atoms with Crippen molar-refractivity contribution in [2.24, 2.45) is 0 Å². The molecule has 0 amide bonds. The molecule has 3 nitrogen and oxygen atoms in total. The minimum atomic E-state index is -0.566. The van der Waals surface area contributed by atoms with Gasteiger partial charge in [-0.05, 0) is 38.8 Å². The molecular weight excluding hydrogens is 188 g/mol. The summed E-state index contributed by atoms with van der Waals surface area (Å²) in [5.74, 6) is 0.981. The molecule has 1 aliphatic rings. The van der Waals surface area contributed by atoms with Crippen molar-refractivity contribution in [1.82, 2.24) is 4.98 Å². The molecule has 1 fully saturated rings. The van der Waals surface area contributed by atoms with Crippen molar-refractivity contribution < 1.29 is 5.11 Å². The molecule has 0 bridgehead atoms. The Balaban J connectivity index is 2.17. The lowest BCUT2D eigenvalue weighted by atomic mass is 9.95. The normalized spacial score (nSPS) is 26.7. The van der Waals surface area contributed by atoms with Crippen LogP contribution in [0, 0.1) is 6.92 Å². The minimum Gasteiger partial charge on any atom is -0.388 e. The van der Waals surface area contributed by atoms with Crippen LogP contribution in [0.25, 0.3) is 0 Å². The Hall–Kier alpha value is -1.09. The number of rotatable bonds is 1. The van der Waals surface area contributed by atoms with E-state index in [1.54, 1.807) is 0 Å². The number of aliphatic hydroxyl groups is 1. The highest BCUT2D eigenvalue weighted by Crippen LogP contribution is 2.24. The molecule has 1 N–H and O–H groups in total. The molecule has 15 heavy (non-hydrogen) atoms. The van der Waals surface area contributed by atoms with Crippen LogP contribution >= 0.6 is 0 Å². The van der Waals surface area contributed by atoms with Crippen molar-refractivity contribution in [3.63, 3.8) is 0 Å². The molecule has 1 saturated heterocycles. The molecule has 1 aromatic heterocycles. The molecule has 0 saturated carbocycles. The Morgan fingerprint density at radius 3 is 2.93 bits per heavy atom. The summed E-state index contributed by atoms with van der Waals surface area (Å²) in [6.07, 6.45) is 1.91. The van der Waals surface area contributed by atoms with Gasteiger partial charge < -0.3 is 10.0 Å². The van der Waals surface area contributed by atoms with E-state index in [1.807, 2.05) is 32.0 Å². The standard InChI is InChI=1S/C12H18N2O/c1-10-5-3-6-11(13-10)14-8-4-7-12(2,15)9-14/h3,5-6,15H,4,7-9H2,1-2H3/t12-/m0/s1. The summed E-state index contributed by atoms with van der Waals surface area (Å²) >= 11 is 0. The number of pyridine rings is 1.